The van der Waals surface area contributed by atoms with Crippen LogP contribution in [-0.2, 0) is 30.3 Å². The molecule has 5 N–H and O–H groups in total. The molecule has 2 saturated heterocycles. The van der Waals surface area contributed by atoms with E-state index < -0.39 is 64.8 Å². The Balaban J connectivity index is 1.61. The number of piperidine rings is 1. The molecule has 2 heterocycles. The van der Waals surface area contributed by atoms with Crippen LogP contribution in [-0.4, -0.2) is 104 Å². The van der Waals surface area contributed by atoms with Crippen molar-refractivity contribution in [2.45, 2.75) is 161 Å². The zero-order chi connectivity index (χ0) is 41.8. The van der Waals surface area contributed by atoms with Gasteiger partial charge in [0.15, 0.2) is 0 Å². The van der Waals surface area contributed by atoms with E-state index in [0.29, 0.717) is 57.9 Å². The number of hydrogen-bond acceptors (Lipinski definition) is 9. The van der Waals surface area contributed by atoms with Crippen LogP contribution in [0.3, 0.4) is 0 Å². The van der Waals surface area contributed by atoms with Crippen LogP contribution in [0.2, 0.25) is 0 Å². The van der Waals surface area contributed by atoms with Gasteiger partial charge in [0.2, 0.25) is 11.8 Å². The summed E-state index contributed by atoms with van der Waals surface area (Å²) in [5.41, 5.74) is -0.863. The molecular weight excluding hydrogens is 718 g/mol. The molecule has 0 aromatic heterocycles. The van der Waals surface area contributed by atoms with Crippen LogP contribution in [0.1, 0.15) is 119 Å². The molecular formula is C42H67N5O9. The summed E-state index contributed by atoms with van der Waals surface area (Å²) in [6, 6.07) is 7.18. The number of carboxylic acid groups (broad SMARTS) is 1. The maximum atomic E-state index is 14.2. The smallest absolute Gasteiger partial charge is 0.408 e. The van der Waals surface area contributed by atoms with Crippen LogP contribution in [0, 0.1) is 11.8 Å². The molecule has 1 aromatic rings. The van der Waals surface area contributed by atoms with Gasteiger partial charge >= 0.3 is 18.2 Å². The van der Waals surface area contributed by atoms with Gasteiger partial charge in [0.1, 0.15) is 23.8 Å². The number of likely N-dealkylation sites (tertiary alicyclic amines) is 1. The summed E-state index contributed by atoms with van der Waals surface area (Å²) >= 11 is 0. The predicted molar refractivity (Wildman–Crippen MR) is 213 cm³/mol. The third-order valence-corrected chi connectivity index (χ3v) is 10.1. The van der Waals surface area contributed by atoms with E-state index in [1.165, 1.54) is 5.06 Å². The molecule has 314 valence electrons. The first-order chi connectivity index (χ1) is 26.1. The average Bonchev–Trinajstić information content (AvgIpc) is 3.57. The summed E-state index contributed by atoms with van der Waals surface area (Å²) in [6.07, 6.45) is 6.08. The monoisotopic (exact) mass is 785 g/mol. The minimum Gasteiger partial charge on any atom is -0.480 e. The number of aliphatic carboxylic acids is 1. The van der Waals surface area contributed by atoms with Gasteiger partial charge in [-0.15, -0.1) is 0 Å². The van der Waals surface area contributed by atoms with Crippen LogP contribution >= 0.6 is 0 Å². The van der Waals surface area contributed by atoms with Crippen molar-refractivity contribution in [1.82, 2.24) is 25.9 Å². The summed E-state index contributed by atoms with van der Waals surface area (Å²) in [5, 5.41) is 30.1. The number of nitrogens with one attached hydrogen (secondary N) is 3. The van der Waals surface area contributed by atoms with E-state index in [1.54, 1.807) is 31.7 Å². The summed E-state index contributed by atoms with van der Waals surface area (Å²) < 4.78 is 11.1. The molecule has 56 heavy (non-hydrogen) atoms. The Bertz CT molecular complexity index is 1490. The van der Waals surface area contributed by atoms with Crippen molar-refractivity contribution in [1.29, 1.82) is 0 Å². The van der Waals surface area contributed by atoms with Gasteiger partial charge in [0, 0.05) is 37.0 Å². The standard InChI is InChI=1S/C42H67N5O9/c1-28(2)24-31(44-39(53)56-40(3,4)5)21-20-30(25-29-16-11-10-12-17-29)36(49)46-23-15-19-34(46)35(48)45-33(37(50)51)18-13-14-22-43-38(52)55-32-26-41(6,7)47(54)42(8,9)27-32/h10-12,16-17,20-21,28,30-34,54H,13-15,18-19,22-27H2,1-9H3,(H,43,52)(H,44,53)(H,45,48)(H,50,51)/b21-20+/t30-,31-,33+,34+/m1/s1. The minimum absolute atomic E-state index is 0.136. The number of nitrogens with zero attached hydrogens (tertiary/aromatic N) is 2. The number of unbranched alkanes of at least 4 members (excludes halogenated alkanes) is 1. The average molecular weight is 786 g/mol. The van der Waals surface area contributed by atoms with Gasteiger partial charge in [-0.1, -0.05) is 56.3 Å². The summed E-state index contributed by atoms with van der Waals surface area (Å²) in [4.78, 5) is 66.8. The molecule has 3 rings (SSSR count). The first-order valence-corrected chi connectivity index (χ1v) is 20.1. The lowest BCUT2D eigenvalue weighted by Gasteiger charge is -2.50. The van der Waals surface area contributed by atoms with Gasteiger partial charge in [-0.3, -0.25) is 9.59 Å². The first kappa shape index (κ1) is 46.2. The summed E-state index contributed by atoms with van der Waals surface area (Å²) in [6.45, 7) is 17.6. The Morgan fingerprint density at radius 3 is 2.18 bits per heavy atom. The van der Waals surface area contributed by atoms with Gasteiger partial charge in [-0.2, -0.15) is 5.06 Å². The van der Waals surface area contributed by atoms with E-state index in [0.717, 1.165) is 5.56 Å². The molecule has 2 aliphatic heterocycles. The highest BCUT2D eigenvalue weighted by Crippen LogP contribution is 2.38. The number of rotatable bonds is 17. The van der Waals surface area contributed by atoms with Crippen molar-refractivity contribution < 1.29 is 43.8 Å². The lowest BCUT2D eigenvalue weighted by molar-refractivity contribution is -0.256. The van der Waals surface area contributed by atoms with Crippen molar-refractivity contribution in [3.05, 3.63) is 48.0 Å². The van der Waals surface area contributed by atoms with E-state index >= 15 is 0 Å². The molecule has 0 saturated carbocycles. The van der Waals surface area contributed by atoms with Crippen LogP contribution in [0.5, 0.6) is 0 Å². The summed E-state index contributed by atoms with van der Waals surface area (Å²) in [5.74, 6) is -2.35. The number of alkyl carbamates (subject to hydrolysis) is 2. The highest BCUT2D eigenvalue weighted by Gasteiger charge is 2.46. The van der Waals surface area contributed by atoms with E-state index in [9.17, 15) is 34.3 Å². The largest absolute Gasteiger partial charge is 0.480 e. The topological polar surface area (TPSA) is 187 Å². The van der Waals surface area contributed by atoms with Crippen LogP contribution in [0.4, 0.5) is 9.59 Å². The van der Waals surface area contributed by atoms with Crippen molar-refractivity contribution in [2.24, 2.45) is 11.8 Å². The Kier molecular flexibility index (Phi) is 16.8. The normalized spacial score (nSPS) is 20.3. The fourth-order valence-electron chi connectivity index (χ4n) is 7.69. The number of benzene rings is 1. The van der Waals surface area contributed by atoms with Gasteiger partial charge in [0.25, 0.3) is 0 Å². The third-order valence-electron chi connectivity index (χ3n) is 10.1. The zero-order valence-electron chi connectivity index (χ0n) is 34.9. The summed E-state index contributed by atoms with van der Waals surface area (Å²) in [7, 11) is 0. The number of amides is 4. The van der Waals surface area contributed by atoms with Crippen LogP contribution in [0.25, 0.3) is 0 Å². The second-order valence-corrected chi connectivity index (χ2v) is 17.9. The Morgan fingerprint density at radius 2 is 1.59 bits per heavy atom. The lowest BCUT2D eigenvalue weighted by Crippen LogP contribution is -2.60. The van der Waals surface area contributed by atoms with E-state index in [4.69, 9.17) is 9.47 Å². The van der Waals surface area contributed by atoms with E-state index in [1.807, 2.05) is 78.0 Å². The second kappa shape index (κ2) is 20.3. The van der Waals surface area contributed by atoms with E-state index in [-0.39, 0.29) is 30.9 Å². The van der Waals surface area contributed by atoms with Crippen molar-refractivity contribution in [3.8, 4) is 0 Å². The molecule has 0 unspecified atom stereocenters. The molecule has 1 aromatic carbocycles. The number of carbonyl (C=O) groups excluding carboxylic acids is 4. The maximum Gasteiger partial charge on any atom is 0.408 e. The fourth-order valence-corrected chi connectivity index (χ4v) is 7.69. The quantitative estimate of drug-likeness (QED) is 0.0899. The Hall–Kier alpha value is -4.17. The second-order valence-electron chi connectivity index (χ2n) is 17.9. The van der Waals surface area contributed by atoms with Crippen molar-refractivity contribution >= 4 is 30.0 Å². The van der Waals surface area contributed by atoms with Crippen LogP contribution < -0.4 is 16.0 Å². The van der Waals surface area contributed by atoms with Gasteiger partial charge < -0.3 is 40.6 Å². The van der Waals surface area contributed by atoms with Crippen LogP contribution in [0.15, 0.2) is 42.5 Å². The minimum atomic E-state index is -1.18. The molecule has 14 heteroatoms. The maximum absolute atomic E-state index is 14.2. The molecule has 0 bridgehead atoms. The predicted octanol–water partition coefficient (Wildman–Crippen LogP) is 6.21. The SMILES string of the molecule is CC(C)C[C@@H](/C=C/[C@H](Cc1ccccc1)C(=O)N1CCC[C@H]1C(=O)N[C@@H](CCCCNC(=O)OC1CC(C)(C)N(O)C(C)(C)C1)C(=O)O)NC(=O)OC(C)(C)C. The molecule has 4 atom stereocenters. The zero-order valence-corrected chi connectivity index (χ0v) is 34.9. The van der Waals surface area contributed by atoms with Gasteiger partial charge in [-0.05, 0) is 105 Å². The number of ether oxygens (including phenoxy) is 2. The number of hydroxylamine groups is 2. The molecule has 2 fully saturated rings. The van der Waals surface area contributed by atoms with Gasteiger partial charge in [-0.25, -0.2) is 14.4 Å². The molecule has 4 amide bonds. The third kappa shape index (κ3) is 14.7. The Labute approximate surface area is 333 Å². The fraction of sp³-hybridized carbons (Fsp3) is 0.690. The highest BCUT2D eigenvalue weighted by atomic mass is 16.6. The number of carboxylic acids is 1. The lowest BCUT2D eigenvalue weighted by atomic mass is 9.80. The first-order valence-electron chi connectivity index (χ1n) is 20.1. The van der Waals surface area contributed by atoms with Crippen molar-refractivity contribution in [3.63, 3.8) is 0 Å². The molecule has 14 nitrogen and oxygen atoms in total. The van der Waals surface area contributed by atoms with E-state index in [2.05, 4.69) is 16.0 Å². The van der Waals surface area contributed by atoms with Crippen molar-refractivity contribution in [2.75, 3.05) is 13.1 Å². The van der Waals surface area contributed by atoms with Gasteiger partial charge in [0.05, 0.1) is 12.0 Å². The molecule has 2 aliphatic rings. The molecule has 0 radical (unpaired) electrons. The number of carbonyl (C=O) groups is 5. The molecule has 0 aliphatic carbocycles. The number of hydrogen-bond donors (Lipinski definition) is 5. The molecule has 0 spiro atoms. The highest BCUT2D eigenvalue weighted by molar-refractivity contribution is 5.92. The Morgan fingerprint density at radius 1 is 0.946 bits per heavy atom.